The maximum atomic E-state index is 12.2. The quantitative estimate of drug-likeness (QED) is 0.871. The van der Waals surface area contributed by atoms with Gasteiger partial charge >= 0.3 is 0 Å². The van der Waals surface area contributed by atoms with E-state index in [1.54, 1.807) is 12.1 Å². The van der Waals surface area contributed by atoms with E-state index < -0.39 is 0 Å². The minimum atomic E-state index is -0.224. The molecule has 2 aromatic rings. The van der Waals surface area contributed by atoms with E-state index >= 15 is 0 Å². The molecule has 0 radical (unpaired) electrons. The number of ether oxygens (including phenoxy) is 2. The highest BCUT2D eigenvalue weighted by molar-refractivity contribution is 5.94. The van der Waals surface area contributed by atoms with Crippen molar-refractivity contribution >= 4 is 11.8 Å². The molecule has 1 heterocycles. The van der Waals surface area contributed by atoms with Crippen LogP contribution >= 0.6 is 0 Å². The van der Waals surface area contributed by atoms with Gasteiger partial charge in [0, 0.05) is 19.0 Å². The zero-order chi connectivity index (χ0) is 17.6. The largest absolute Gasteiger partial charge is 0.486 e. The van der Waals surface area contributed by atoms with Gasteiger partial charge in [0.25, 0.3) is 5.91 Å². The smallest absolute Gasteiger partial charge is 0.251 e. The zero-order valence-electron chi connectivity index (χ0n) is 14.0. The Morgan fingerprint density at radius 1 is 1.04 bits per heavy atom. The van der Waals surface area contributed by atoms with Crippen molar-refractivity contribution in [3.63, 3.8) is 0 Å². The van der Waals surface area contributed by atoms with Crippen molar-refractivity contribution in [2.24, 2.45) is 0 Å². The Morgan fingerprint density at radius 3 is 2.48 bits per heavy atom. The Bertz CT molecular complexity index is 758. The lowest BCUT2D eigenvalue weighted by atomic mass is 10.1. The van der Waals surface area contributed by atoms with E-state index in [-0.39, 0.29) is 17.9 Å². The first-order valence-corrected chi connectivity index (χ1v) is 8.12. The van der Waals surface area contributed by atoms with E-state index in [4.69, 9.17) is 9.47 Å². The summed E-state index contributed by atoms with van der Waals surface area (Å²) in [7, 11) is 0. The van der Waals surface area contributed by atoms with Crippen LogP contribution in [0.15, 0.2) is 48.5 Å². The molecular weight excluding hydrogens is 320 g/mol. The number of benzene rings is 2. The number of rotatable bonds is 5. The minimum Gasteiger partial charge on any atom is -0.486 e. The molecular formula is C19H20N2O4. The van der Waals surface area contributed by atoms with Crippen molar-refractivity contribution in [1.29, 1.82) is 0 Å². The SMILES string of the molecule is CC(=O)NCc1ccc(C(=O)NCC2COc3ccccc3O2)cc1. The van der Waals surface area contributed by atoms with Crippen LogP contribution in [-0.4, -0.2) is 31.1 Å². The highest BCUT2D eigenvalue weighted by atomic mass is 16.6. The van der Waals surface area contributed by atoms with Gasteiger partial charge in [0.2, 0.25) is 5.91 Å². The Hall–Kier alpha value is -3.02. The van der Waals surface area contributed by atoms with Gasteiger partial charge in [-0.1, -0.05) is 24.3 Å². The highest BCUT2D eigenvalue weighted by Crippen LogP contribution is 2.30. The van der Waals surface area contributed by atoms with Crippen LogP contribution in [-0.2, 0) is 11.3 Å². The van der Waals surface area contributed by atoms with Gasteiger partial charge in [-0.15, -0.1) is 0 Å². The highest BCUT2D eigenvalue weighted by Gasteiger charge is 2.21. The molecule has 0 fully saturated rings. The number of carbonyl (C=O) groups excluding carboxylic acids is 2. The average molecular weight is 340 g/mol. The number of hydrogen-bond acceptors (Lipinski definition) is 4. The Labute approximate surface area is 146 Å². The third-order valence-corrected chi connectivity index (χ3v) is 3.82. The van der Waals surface area contributed by atoms with E-state index in [1.165, 1.54) is 6.92 Å². The summed E-state index contributed by atoms with van der Waals surface area (Å²) in [6, 6.07) is 14.6. The van der Waals surface area contributed by atoms with Crippen LogP contribution in [0.2, 0.25) is 0 Å². The number of para-hydroxylation sites is 2. The average Bonchev–Trinajstić information content (AvgIpc) is 2.64. The molecule has 2 amide bonds. The van der Waals surface area contributed by atoms with Gasteiger partial charge in [-0.2, -0.15) is 0 Å². The van der Waals surface area contributed by atoms with Gasteiger partial charge < -0.3 is 20.1 Å². The van der Waals surface area contributed by atoms with Crippen molar-refractivity contribution in [1.82, 2.24) is 10.6 Å². The zero-order valence-corrected chi connectivity index (χ0v) is 14.0. The Kier molecular flexibility index (Phi) is 5.18. The summed E-state index contributed by atoms with van der Waals surface area (Å²) < 4.78 is 11.4. The molecule has 0 aliphatic carbocycles. The second kappa shape index (κ2) is 7.70. The summed E-state index contributed by atoms with van der Waals surface area (Å²) in [4.78, 5) is 23.1. The molecule has 6 heteroatoms. The van der Waals surface area contributed by atoms with Crippen LogP contribution in [0, 0.1) is 0 Å². The van der Waals surface area contributed by atoms with E-state index in [9.17, 15) is 9.59 Å². The molecule has 2 aromatic carbocycles. The first kappa shape index (κ1) is 16.8. The molecule has 25 heavy (non-hydrogen) atoms. The van der Waals surface area contributed by atoms with Crippen molar-refractivity contribution in [2.45, 2.75) is 19.6 Å². The summed E-state index contributed by atoms with van der Waals surface area (Å²) in [5.41, 5.74) is 1.50. The molecule has 1 unspecified atom stereocenters. The summed E-state index contributed by atoms with van der Waals surface area (Å²) >= 11 is 0. The van der Waals surface area contributed by atoms with Crippen LogP contribution in [0.5, 0.6) is 11.5 Å². The summed E-state index contributed by atoms with van der Waals surface area (Å²) in [5.74, 6) is 1.15. The topological polar surface area (TPSA) is 76.7 Å². The first-order valence-electron chi connectivity index (χ1n) is 8.12. The standard InChI is InChI=1S/C19H20N2O4/c1-13(22)20-10-14-6-8-15(9-7-14)19(23)21-11-16-12-24-17-4-2-3-5-18(17)25-16/h2-9,16H,10-12H2,1H3,(H,20,22)(H,21,23). The van der Waals surface area contributed by atoms with Crippen LogP contribution in [0.1, 0.15) is 22.8 Å². The van der Waals surface area contributed by atoms with E-state index in [2.05, 4.69) is 10.6 Å². The second-order valence-corrected chi connectivity index (χ2v) is 5.81. The number of nitrogens with one attached hydrogen (secondary N) is 2. The molecule has 0 spiro atoms. The monoisotopic (exact) mass is 340 g/mol. The van der Waals surface area contributed by atoms with E-state index in [0.29, 0.717) is 31.0 Å². The van der Waals surface area contributed by atoms with Crippen LogP contribution in [0.3, 0.4) is 0 Å². The van der Waals surface area contributed by atoms with Gasteiger partial charge in [0.1, 0.15) is 12.7 Å². The maximum absolute atomic E-state index is 12.2. The Balaban J connectivity index is 1.50. The molecule has 6 nitrogen and oxygen atoms in total. The fraction of sp³-hybridized carbons (Fsp3) is 0.263. The predicted molar refractivity (Wildman–Crippen MR) is 92.6 cm³/mol. The lowest BCUT2D eigenvalue weighted by Gasteiger charge is -2.26. The molecule has 0 bridgehead atoms. The van der Waals surface area contributed by atoms with Crippen molar-refractivity contribution in [3.05, 3.63) is 59.7 Å². The predicted octanol–water partition coefficient (Wildman–Crippen LogP) is 1.89. The summed E-state index contributed by atoms with van der Waals surface area (Å²) in [6.07, 6.45) is -0.224. The van der Waals surface area contributed by atoms with Crippen LogP contribution in [0.25, 0.3) is 0 Å². The second-order valence-electron chi connectivity index (χ2n) is 5.81. The normalized spacial score (nSPS) is 15.3. The molecule has 1 atom stereocenters. The van der Waals surface area contributed by atoms with E-state index in [0.717, 1.165) is 11.3 Å². The van der Waals surface area contributed by atoms with Gasteiger partial charge in [-0.05, 0) is 29.8 Å². The summed E-state index contributed by atoms with van der Waals surface area (Å²) in [5, 5.41) is 5.57. The third kappa shape index (κ3) is 4.50. The van der Waals surface area contributed by atoms with E-state index in [1.807, 2.05) is 36.4 Å². The molecule has 0 saturated heterocycles. The van der Waals surface area contributed by atoms with Gasteiger partial charge in [-0.25, -0.2) is 0 Å². The van der Waals surface area contributed by atoms with Gasteiger partial charge in [-0.3, -0.25) is 9.59 Å². The number of carbonyl (C=O) groups is 2. The molecule has 2 N–H and O–H groups in total. The maximum Gasteiger partial charge on any atom is 0.251 e. The van der Waals surface area contributed by atoms with Crippen LogP contribution in [0.4, 0.5) is 0 Å². The van der Waals surface area contributed by atoms with Crippen molar-refractivity contribution in [2.75, 3.05) is 13.2 Å². The molecule has 1 aliphatic heterocycles. The molecule has 3 rings (SSSR count). The Morgan fingerprint density at radius 2 is 1.76 bits per heavy atom. The lowest BCUT2D eigenvalue weighted by molar-refractivity contribution is -0.119. The number of amides is 2. The molecule has 130 valence electrons. The lowest BCUT2D eigenvalue weighted by Crippen LogP contribution is -2.40. The molecule has 0 saturated carbocycles. The van der Waals surface area contributed by atoms with Gasteiger partial charge in [0.15, 0.2) is 11.5 Å². The first-order chi connectivity index (χ1) is 12.1. The third-order valence-electron chi connectivity index (χ3n) is 3.82. The van der Waals surface area contributed by atoms with Crippen molar-refractivity contribution in [3.8, 4) is 11.5 Å². The minimum absolute atomic E-state index is 0.0851. The fourth-order valence-corrected chi connectivity index (χ4v) is 2.47. The molecule has 0 aromatic heterocycles. The summed E-state index contributed by atoms with van der Waals surface area (Å²) in [6.45, 7) is 2.68. The fourth-order valence-electron chi connectivity index (χ4n) is 2.47. The molecule has 1 aliphatic rings. The van der Waals surface area contributed by atoms with Crippen LogP contribution < -0.4 is 20.1 Å². The van der Waals surface area contributed by atoms with Gasteiger partial charge in [0.05, 0.1) is 6.54 Å². The number of fused-ring (bicyclic) bond motifs is 1. The van der Waals surface area contributed by atoms with Crippen molar-refractivity contribution < 1.29 is 19.1 Å². The number of hydrogen-bond donors (Lipinski definition) is 2.